The summed E-state index contributed by atoms with van der Waals surface area (Å²) in [5.74, 6) is 0. The molecule has 0 N–H and O–H groups in total. The van der Waals surface area contributed by atoms with Gasteiger partial charge >= 0.3 is 0 Å². The molecule has 6 aromatic rings. The Morgan fingerprint density at radius 1 is 0.407 bits per heavy atom. The molecular formula is C26H17N. The van der Waals surface area contributed by atoms with Crippen LogP contribution in [0.1, 0.15) is 0 Å². The Labute approximate surface area is 157 Å². The quantitative estimate of drug-likeness (QED) is 0.281. The van der Waals surface area contributed by atoms with Crippen molar-refractivity contribution in [3.05, 3.63) is 103 Å². The lowest BCUT2D eigenvalue weighted by Gasteiger charge is -2.09. The maximum atomic E-state index is 2.37. The number of hydrogen-bond acceptors (Lipinski definition) is 0. The van der Waals surface area contributed by atoms with Crippen molar-refractivity contribution in [3.63, 3.8) is 0 Å². The Balaban J connectivity index is 1.87. The molecule has 0 radical (unpaired) electrons. The van der Waals surface area contributed by atoms with E-state index in [4.69, 9.17) is 0 Å². The highest BCUT2D eigenvalue weighted by Crippen LogP contribution is 2.38. The first kappa shape index (κ1) is 14.6. The van der Waals surface area contributed by atoms with Crippen molar-refractivity contribution in [2.45, 2.75) is 0 Å². The van der Waals surface area contributed by atoms with E-state index in [1.165, 1.54) is 49.0 Å². The molecule has 1 aromatic heterocycles. The summed E-state index contributed by atoms with van der Waals surface area (Å²) in [6, 6.07) is 37.1. The van der Waals surface area contributed by atoms with Crippen LogP contribution in [-0.2, 0) is 0 Å². The molecule has 27 heavy (non-hydrogen) atoms. The molecule has 0 saturated carbocycles. The van der Waals surface area contributed by atoms with Gasteiger partial charge in [0.25, 0.3) is 0 Å². The van der Waals surface area contributed by atoms with Crippen LogP contribution in [0, 0.1) is 0 Å². The number of para-hydroxylation sites is 2. The van der Waals surface area contributed by atoms with Gasteiger partial charge in [-0.1, -0.05) is 78.9 Å². The second-order valence-electron chi connectivity index (χ2n) is 7.03. The van der Waals surface area contributed by atoms with Crippen LogP contribution in [0.3, 0.4) is 0 Å². The van der Waals surface area contributed by atoms with Crippen molar-refractivity contribution in [2.75, 3.05) is 0 Å². The third kappa shape index (κ3) is 2.00. The van der Waals surface area contributed by atoms with Crippen LogP contribution in [0.2, 0.25) is 0 Å². The van der Waals surface area contributed by atoms with Gasteiger partial charge in [-0.15, -0.1) is 0 Å². The summed E-state index contributed by atoms with van der Waals surface area (Å²) < 4.78 is 2.37. The third-order valence-electron chi connectivity index (χ3n) is 5.57. The molecule has 0 atom stereocenters. The zero-order valence-corrected chi connectivity index (χ0v) is 14.8. The van der Waals surface area contributed by atoms with E-state index in [1.54, 1.807) is 0 Å². The average Bonchev–Trinajstić information content (AvgIpc) is 3.09. The van der Waals surface area contributed by atoms with E-state index < -0.39 is 0 Å². The maximum absolute atomic E-state index is 2.37. The van der Waals surface area contributed by atoms with E-state index in [9.17, 15) is 0 Å². The number of rotatable bonds is 1. The van der Waals surface area contributed by atoms with Gasteiger partial charge in [0.2, 0.25) is 0 Å². The lowest BCUT2D eigenvalue weighted by molar-refractivity contribution is 1.18. The van der Waals surface area contributed by atoms with Crippen LogP contribution in [-0.4, -0.2) is 4.57 Å². The molecule has 1 heteroatoms. The van der Waals surface area contributed by atoms with Crippen LogP contribution in [0.5, 0.6) is 0 Å². The lowest BCUT2D eigenvalue weighted by Crippen LogP contribution is -1.92. The predicted molar refractivity (Wildman–Crippen MR) is 116 cm³/mol. The topological polar surface area (TPSA) is 4.93 Å². The Morgan fingerprint density at radius 2 is 1.11 bits per heavy atom. The molecule has 0 amide bonds. The highest BCUT2D eigenvalue weighted by molar-refractivity contribution is 6.25. The number of aromatic nitrogens is 1. The van der Waals surface area contributed by atoms with Crippen molar-refractivity contribution in [3.8, 4) is 5.69 Å². The number of hydrogen-bond donors (Lipinski definition) is 0. The minimum atomic E-state index is 1.20. The molecule has 0 fully saturated rings. The molecule has 5 aromatic carbocycles. The Hall–Kier alpha value is -3.58. The molecule has 0 aliphatic carbocycles. The van der Waals surface area contributed by atoms with Crippen molar-refractivity contribution in [1.29, 1.82) is 0 Å². The number of fused-ring (bicyclic) bond motifs is 7. The van der Waals surface area contributed by atoms with Crippen LogP contribution >= 0.6 is 0 Å². The summed E-state index contributed by atoms with van der Waals surface area (Å²) in [5, 5.41) is 7.87. The Morgan fingerprint density at radius 3 is 2.00 bits per heavy atom. The van der Waals surface area contributed by atoms with Gasteiger partial charge in [0.15, 0.2) is 0 Å². The molecule has 0 spiro atoms. The molecule has 0 unspecified atom stereocenters. The van der Waals surface area contributed by atoms with Crippen molar-refractivity contribution >= 4 is 43.4 Å². The van der Waals surface area contributed by atoms with Crippen LogP contribution in [0.15, 0.2) is 103 Å². The van der Waals surface area contributed by atoms with Gasteiger partial charge in [0, 0.05) is 16.5 Å². The summed E-state index contributed by atoms with van der Waals surface area (Å²) >= 11 is 0. The molecule has 0 saturated heterocycles. The van der Waals surface area contributed by atoms with Gasteiger partial charge in [-0.3, -0.25) is 0 Å². The molecule has 126 valence electrons. The molecular weight excluding hydrogens is 326 g/mol. The second kappa shape index (κ2) is 5.46. The maximum Gasteiger partial charge on any atom is 0.0547 e. The normalized spacial score (nSPS) is 11.7. The van der Waals surface area contributed by atoms with E-state index in [-0.39, 0.29) is 0 Å². The summed E-state index contributed by atoms with van der Waals surface area (Å²) in [6.45, 7) is 0. The minimum Gasteiger partial charge on any atom is -0.309 e. The Kier molecular flexibility index (Phi) is 2.95. The summed E-state index contributed by atoms with van der Waals surface area (Å²) in [5.41, 5.74) is 3.70. The highest BCUT2D eigenvalue weighted by Gasteiger charge is 2.14. The highest BCUT2D eigenvalue weighted by atomic mass is 15.0. The van der Waals surface area contributed by atoms with Gasteiger partial charge < -0.3 is 4.57 Å². The zero-order chi connectivity index (χ0) is 17.8. The minimum absolute atomic E-state index is 1.20. The van der Waals surface area contributed by atoms with Crippen LogP contribution in [0.4, 0.5) is 0 Å². The first-order valence-corrected chi connectivity index (χ1v) is 9.31. The predicted octanol–water partition coefficient (Wildman–Crippen LogP) is 7.09. The molecule has 6 rings (SSSR count). The first-order valence-electron chi connectivity index (χ1n) is 9.31. The second-order valence-corrected chi connectivity index (χ2v) is 7.03. The van der Waals surface area contributed by atoms with Crippen LogP contribution in [0.25, 0.3) is 49.0 Å². The number of benzene rings is 5. The average molecular weight is 343 g/mol. The monoisotopic (exact) mass is 343 g/mol. The van der Waals surface area contributed by atoms with Gasteiger partial charge in [0.1, 0.15) is 0 Å². The largest absolute Gasteiger partial charge is 0.309 e. The van der Waals surface area contributed by atoms with E-state index in [1.807, 2.05) is 0 Å². The smallest absolute Gasteiger partial charge is 0.0547 e. The van der Waals surface area contributed by atoms with E-state index in [0.29, 0.717) is 0 Å². The summed E-state index contributed by atoms with van der Waals surface area (Å²) in [6.07, 6.45) is 0. The lowest BCUT2D eigenvalue weighted by atomic mass is 9.98. The summed E-state index contributed by atoms with van der Waals surface area (Å²) in [7, 11) is 0. The SMILES string of the molecule is c1ccc(-n2c3ccccc3c3c4ccc5ccccc5c4ccc32)cc1. The molecule has 1 nitrogen and oxygen atoms in total. The van der Waals surface area contributed by atoms with E-state index in [0.717, 1.165) is 0 Å². The standard InChI is InChI=1S/C26H17N/c1-2-9-19(10-3-1)27-24-13-7-6-12-23(24)26-22-15-14-18-8-4-5-11-20(18)21(22)16-17-25(26)27/h1-17H. The third-order valence-corrected chi connectivity index (χ3v) is 5.57. The molecule has 0 aliphatic heterocycles. The number of nitrogens with zero attached hydrogens (tertiary/aromatic N) is 1. The fourth-order valence-electron chi connectivity index (χ4n) is 4.41. The van der Waals surface area contributed by atoms with Crippen molar-refractivity contribution in [2.24, 2.45) is 0 Å². The van der Waals surface area contributed by atoms with Gasteiger partial charge in [0.05, 0.1) is 11.0 Å². The summed E-state index contributed by atoms with van der Waals surface area (Å²) in [4.78, 5) is 0. The van der Waals surface area contributed by atoms with E-state index >= 15 is 0 Å². The fraction of sp³-hybridized carbons (Fsp3) is 0. The van der Waals surface area contributed by atoms with Crippen LogP contribution < -0.4 is 0 Å². The van der Waals surface area contributed by atoms with Gasteiger partial charge in [-0.05, 0) is 45.8 Å². The fourth-order valence-corrected chi connectivity index (χ4v) is 4.41. The molecule has 0 aliphatic rings. The van der Waals surface area contributed by atoms with Crippen molar-refractivity contribution < 1.29 is 0 Å². The van der Waals surface area contributed by atoms with Gasteiger partial charge in [-0.25, -0.2) is 0 Å². The van der Waals surface area contributed by atoms with Gasteiger partial charge in [-0.2, -0.15) is 0 Å². The first-order chi connectivity index (χ1) is 13.4. The molecule has 0 bridgehead atoms. The van der Waals surface area contributed by atoms with Crippen molar-refractivity contribution in [1.82, 2.24) is 4.57 Å². The zero-order valence-electron chi connectivity index (χ0n) is 14.8. The Bertz CT molecular complexity index is 1460. The molecule has 1 heterocycles. The van der Waals surface area contributed by atoms with E-state index in [2.05, 4.69) is 108 Å².